The van der Waals surface area contributed by atoms with E-state index in [2.05, 4.69) is 38.6 Å². The zero-order valence-corrected chi connectivity index (χ0v) is 21.2. The number of amides is 3. The number of aromatic amines is 1. The van der Waals surface area contributed by atoms with Crippen molar-refractivity contribution in [1.29, 1.82) is 0 Å². The van der Waals surface area contributed by atoms with Crippen LogP contribution in [0.4, 0.5) is 0 Å². The fourth-order valence-corrected chi connectivity index (χ4v) is 6.76. The number of benzene rings is 2. The van der Waals surface area contributed by atoms with Gasteiger partial charge in [-0.1, -0.05) is 18.6 Å². The molecule has 3 fully saturated rings. The zero-order chi connectivity index (χ0) is 25.8. The summed E-state index contributed by atoms with van der Waals surface area (Å²) in [5, 5.41) is 10.9. The second-order valence-electron chi connectivity index (χ2n) is 11.1. The summed E-state index contributed by atoms with van der Waals surface area (Å²) >= 11 is 0. The van der Waals surface area contributed by atoms with E-state index in [1.807, 2.05) is 24.4 Å². The Morgan fingerprint density at radius 2 is 1.87 bits per heavy atom. The van der Waals surface area contributed by atoms with Crippen molar-refractivity contribution in [2.24, 2.45) is 0 Å². The summed E-state index contributed by atoms with van der Waals surface area (Å²) in [4.78, 5) is 41.1. The molecule has 2 N–H and O–H groups in total. The SMILES string of the molecule is O=C1CCC(N2Cc3cc(O[C@@H]4CCCC[C@@H]4N4CC(c5cccc6[nH]ncc56)C4)ccc3C2=O)C(=O)N1. The molecule has 1 aromatic heterocycles. The van der Waals surface area contributed by atoms with E-state index in [1.54, 1.807) is 4.90 Å². The molecule has 38 heavy (non-hydrogen) atoms. The third kappa shape index (κ3) is 3.96. The molecule has 0 spiro atoms. The first kappa shape index (κ1) is 23.4. The lowest BCUT2D eigenvalue weighted by molar-refractivity contribution is -0.136. The Balaban J connectivity index is 1.03. The van der Waals surface area contributed by atoms with Gasteiger partial charge in [0.2, 0.25) is 11.8 Å². The molecule has 3 atom stereocenters. The van der Waals surface area contributed by atoms with E-state index in [1.165, 1.54) is 17.4 Å². The van der Waals surface area contributed by atoms with Crippen LogP contribution in [-0.2, 0) is 16.1 Å². The molecule has 0 radical (unpaired) electrons. The number of imide groups is 1. The van der Waals surface area contributed by atoms with Gasteiger partial charge in [-0.15, -0.1) is 0 Å². The van der Waals surface area contributed by atoms with Gasteiger partial charge in [0.15, 0.2) is 0 Å². The number of carbonyl (C=O) groups is 3. The number of likely N-dealkylation sites (tertiary alicyclic amines) is 1. The van der Waals surface area contributed by atoms with Crippen molar-refractivity contribution in [2.45, 2.75) is 69.2 Å². The van der Waals surface area contributed by atoms with Crippen LogP contribution in [0, 0.1) is 0 Å². The van der Waals surface area contributed by atoms with Gasteiger partial charge < -0.3 is 9.64 Å². The highest BCUT2D eigenvalue weighted by Gasteiger charge is 2.41. The number of hydrogen-bond acceptors (Lipinski definition) is 6. The van der Waals surface area contributed by atoms with Crippen molar-refractivity contribution in [3.63, 3.8) is 0 Å². The molecular formula is C29H31N5O4. The lowest BCUT2D eigenvalue weighted by Crippen LogP contribution is -2.57. The van der Waals surface area contributed by atoms with Crippen molar-refractivity contribution >= 4 is 28.6 Å². The van der Waals surface area contributed by atoms with Crippen LogP contribution in [0.3, 0.4) is 0 Å². The number of piperidine rings is 1. The molecule has 3 aromatic rings. The summed E-state index contributed by atoms with van der Waals surface area (Å²) in [5.74, 6) is 0.457. The van der Waals surface area contributed by atoms with Gasteiger partial charge in [0, 0.05) is 49.0 Å². The maximum Gasteiger partial charge on any atom is 0.255 e. The molecule has 3 amide bonds. The Morgan fingerprint density at radius 1 is 1.00 bits per heavy atom. The molecule has 1 aliphatic carbocycles. The molecule has 1 unspecified atom stereocenters. The van der Waals surface area contributed by atoms with Gasteiger partial charge in [-0.25, -0.2) is 0 Å². The third-order valence-corrected chi connectivity index (χ3v) is 8.79. The molecule has 3 aliphatic heterocycles. The van der Waals surface area contributed by atoms with Gasteiger partial charge in [-0.3, -0.25) is 29.7 Å². The maximum atomic E-state index is 13.0. The first-order valence-electron chi connectivity index (χ1n) is 13.7. The average molecular weight is 514 g/mol. The summed E-state index contributed by atoms with van der Waals surface area (Å²) in [6.07, 6.45) is 7.16. The van der Waals surface area contributed by atoms with Crippen LogP contribution >= 0.6 is 0 Å². The number of fused-ring (bicyclic) bond motifs is 2. The second-order valence-corrected chi connectivity index (χ2v) is 11.1. The summed E-state index contributed by atoms with van der Waals surface area (Å²) in [7, 11) is 0. The number of nitrogens with one attached hydrogen (secondary N) is 2. The fourth-order valence-electron chi connectivity index (χ4n) is 6.76. The van der Waals surface area contributed by atoms with Crippen molar-refractivity contribution in [3.8, 4) is 5.75 Å². The monoisotopic (exact) mass is 513 g/mol. The second kappa shape index (κ2) is 9.23. The molecule has 196 valence electrons. The van der Waals surface area contributed by atoms with E-state index in [4.69, 9.17) is 4.74 Å². The van der Waals surface area contributed by atoms with E-state index >= 15 is 0 Å². The van der Waals surface area contributed by atoms with Crippen LogP contribution in [0.2, 0.25) is 0 Å². The first-order valence-corrected chi connectivity index (χ1v) is 13.7. The van der Waals surface area contributed by atoms with E-state index in [9.17, 15) is 14.4 Å². The number of aromatic nitrogens is 2. The lowest BCUT2D eigenvalue weighted by Gasteiger charge is -2.48. The van der Waals surface area contributed by atoms with Crippen LogP contribution in [0.15, 0.2) is 42.6 Å². The molecule has 2 saturated heterocycles. The Morgan fingerprint density at radius 3 is 2.74 bits per heavy atom. The molecule has 7 rings (SSSR count). The zero-order valence-electron chi connectivity index (χ0n) is 21.2. The highest BCUT2D eigenvalue weighted by Crippen LogP contribution is 2.38. The Labute approximate surface area is 220 Å². The van der Waals surface area contributed by atoms with Gasteiger partial charge in [-0.2, -0.15) is 5.10 Å². The Bertz CT molecular complexity index is 1430. The number of nitrogens with zero attached hydrogens (tertiary/aromatic N) is 3. The molecular weight excluding hydrogens is 482 g/mol. The normalized spacial score (nSPS) is 26.4. The molecule has 4 heterocycles. The minimum Gasteiger partial charge on any atom is -0.489 e. The van der Waals surface area contributed by atoms with E-state index < -0.39 is 6.04 Å². The van der Waals surface area contributed by atoms with E-state index in [-0.39, 0.29) is 30.2 Å². The maximum absolute atomic E-state index is 13.0. The highest BCUT2D eigenvalue weighted by atomic mass is 16.5. The Hall–Kier alpha value is -3.72. The number of rotatable bonds is 5. The van der Waals surface area contributed by atoms with Gasteiger partial charge in [0.05, 0.1) is 11.7 Å². The summed E-state index contributed by atoms with van der Waals surface area (Å²) < 4.78 is 6.59. The fraction of sp³-hybridized carbons (Fsp3) is 0.448. The van der Waals surface area contributed by atoms with Gasteiger partial charge in [0.1, 0.15) is 17.9 Å². The minimum absolute atomic E-state index is 0.107. The van der Waals surface area contributed by atoms with Gasteiger partial charge in [0.25, 0.3) is 5.91 Å². The Kier molecular flexibility index (Phi) is 5.69. The van der Waals surface area contributed by atoms with Crippen molar-refractivity contribution in [1.82, 2.24) is 25.3 Å². The molecule has 2 aromatic carbocycles. The van der Waals surface area contributed by atoms with Crippen LogP contribution in [-0.4, -0.2) is 69.0 Å². The van der Waals surface area contributed by atoms with Gasteiger partial charge in [-0.05, 0) is 61.1 Å². The van der Waals surface area contributed by atoms with E-state index in [0.717, 1.165) is 49.2 Å². The topological polar surface area (TPSA) is 108 Å². The summed E-state index contributed by atoms with van der Waals surface area (Å²) in [6.45, 7) is 2.40. The largest absolute Gasteiger partial charge is 0.489 e. The predicted octanol–water partition coefficient (Wildman–Crippen LogP) is 3.11. The summed E-state index contributed by atoms with van der Waals surface area (Å²) in [5.41, 5.74) is 3.94. The quantitative estimate of drug-likeness (QED) is 0.508. The van der Waals surface area contributed by atoms with Crippen LogP contribution in [0.5, 0.6) is 5.75 Å². The van der Waals surface area contributed by atoms with E-state index in [0.29, 0.717) is 30.5 Å². The summed E-state index contributed by atoms with van der Waals surface area (Å²) in [6, 6.07) is 11.8. The molecule has 9 heteroatoms. The lowest BCUT2D eigenvalue weighted by atomic mass is 9.83. The van der Waals surface area contributed by atoms with Crippen molar-refractivity contribution in [2.75, 3.05) is 13.1 Å². The molecule has 1 saturated carbocycles. The molecule has 9 nitrogen and oxygen atoms in total. The first-order chi connectivity index (χ1) is 18.5. The van der Waals surface area contributed by atoms with Crippen molar-refractivity contribution in [3.05, 3.63) is 59.3 Å². The van der Waals surface area contributed by atoms with Crippen LogP contribution in [0.1, 0.15) is 65.9 Å². The van der Waals surface area contributed by atoms with Crippen LogP contribution < -0.4 is 10.1 Å². The minimum atomic E-state index is -0.605. The predicted molar refractivity (Wildman–Crippen MR) is 140 cm³/mol. The number of ether oxygens (including phenoxy) is 1. The average Bonchev–Trinajstić information content (AvgIpc) is 3.49. The van der Waals surface area contributed by atoms with Gasteiger partial charge >= 0.3 is 0 Å². The molecule has 0 bridgehead atoms. The van der Waals surface area contributed by atoms with Crippen LogP contribution in [0.25, 0.3) is 10.9 Å². The number of carbonyl (C=O) groups excluding carboxylic acids is 3. The number of H-pyrrole nitrogens is 1. The highest BCUT2D eigenvalue weighted by molar-refractivity contribution is 6.05. The van der Waals surface area contributed by atoms with Crippen molar-refractivity contribution < 1.29 is 19.1 Å². The third-order valence-electron chi connectivity index (χ3n) is 8.79. The number of hydrogen-bond donors (Lipinski definition) is 2. The molecule has 4 aliphatic rings. The standard InChI is InChI=1S/C29H31N5O4/c35-27-11-10-25(28(36)31-27)34-16-17-12-19(8-9-21(17)29(34)37)38-26-7-2-1-6-24(26)33-14-18(15-33)20-4-3-5-23-22(20)13-30-32-23/h3-5,8-9,12-13,18,24-26H,1-2,6-7,10-11,14-16H2,(H,30,32)(H,31,35,36)/t24-,25?,26+/m0/s1. The smallest absolute Gasteiger partial charge is 0.255 e.